The molecular weight excluding hydrogens is 358 g/mol. The molecular formula is C24H37N5. The Bertz CT molecular complexity index is 818. The van der Waals surface area contributed by atoms with Crippen molar-refractivity contribution in [1.29, 1.82) is 0 Å². The fourth-order valence-electron chi connectivity index (χ4n) is 4.99. The SMILES string of the molecule is CCNC(=NCCc1c[nH]c2c(CC)cccc12)N1CCC(CN2CCCC2)C1. The Hall–Kier alpha value is -2.01. The number of benzene rings is 1. The highest BCUT2D eigenvalue weighted by Gasteiger charge is 2.27. The van der Waals surface area contributed by atoms with Gasteiger partial charge in [-0.25, -0.2) is 0 Å². The van der Waals surface area contributed by atoms with Gasteiger partial charge in [-0.05, 0) is 69.2 Å². The summed E-state index contributed by atoms with van der Waals surface area (Å²) in [6, 6.07) is 6.63. The van der Waals surface area contributed by atoms with Crippen LogP contribution in [0.25, 0.3) is 10.9 Å². The first-order valence-electron chi connectivity index (χ1n) is 11.6. The van der Waals surface area contributed by atoms with E-state index in [0.717, 1.165) is 50.9 Å². The molecule has 0 aliphatic carbocycles. The van der Waals surface area contributed by atoms with Gasteiger partial charge in [0.25, 0.3) is 0 Å². The maximum Gasteiger partial charge on any atom is 0.193 e. The van der Waals surface area contributed by atoms with Gasteiger partial charge in [0.1, 0.15) is 0 Å². The summed E-state index contributed by atoms with van der Waals surface area (Å²) in [5, 5.41) is 4.89. The molecule has 2 aliphatic heterocycles. The van der Waals surface area contributed by atoms with Crippen LogP contribution in [0.5, 0.6) is 0 Å². The number of para-hydroxylation sites is 1. The molecule has 2 aliphatic rings. The number of hydrogen-bond donors (Lipinski definition) is 2. The molecule has 2 N–H and O–H groups in total. The third-order valence-electron chi connectivity index (χ3n) is 6.55. The number of aromatic amines is 1. The first-order chi connectivity index (χ1) is 14.3. The van der Waals surface area contributed by atoms with E-state index in [2.05, 4.69) is 58.3 Å². The lowest BCUT2D eigenvalue weighted by molar-refractivity contribution is 0.281. The predicted molar refractivity (Wildman–Crippen MR) is 123 cm³/mol. The number of hydrogen-bond acceptors (Lipinski definition) is 2. The van der Waals surface area contributed by atoms with Gasteiger partial charge in [0, 0.05) is 49.8 Å². The van der Waals surface area contributed by atoms with Gasteiger partial charge >= 0.3 is 0 Å². The molecule has 2 aromatic rings. The van der Waals surface area contributed by atoms with Gasteiger partial charge in [0.2, 0.25) is 0 Å². The average molecular weight is 396 g/mol. The Morgan fingerprint density at radius 2 is 2.03 bits per heavy atom. The minimum absolute atomic E-state index is 0.790. The molecule has 29 heavy (non-hydrogen) atoms. The maximum absolute atomic E-state index is 4.99. The third-order valence-corrected chi connectivity index (χ3v) is 6.55. The van der Waals surface area contributed by atoms with Crippen LogP contribution in [0.15, 0.2) is 29.4 Å². The van der Waals surface area contributed by atoms with Gasteiger partial charge in [-0.2, -0.15) is 0 Å². The largest absolute Gasteiger partial charge is 0.361 e. The van der Waals surface area contributed by atoms with Crippen molar-refractivity contribution < 1.29 is 0 Å². The zero-order chi connectivity index (χ0) is 20.1. The lowest BCUT2D eigenvalue weighted by Gasteiger charge is -2.23. The first kappa shape index (κ1) is 20.3. The number of aryl methyl sites for hydroxylation is 1. The summed E-state index contributed by atoms with van der Waals surface area (Å²) in [5.74, 6) is 1.89. The van der Waals surface area contributed by atoms with E-state index >= 15 is 0 Å². The summed E-state index contributed by atoms with van der Waals surface area (Å²) in [5.41, 5.74) is 4.07. The number of nitrogens with one attached hydrogen (secondary N) is 2. The molecule has 4 rings (SSSR count). The van der Waals surface area contributed by atoms with Crippen LogP contribution in [0.4, 0.5) is 0 Å². The molecule has 0 radical (unpaired) electrons. The Balaban J connectivity index is 1.36. The van der Waals surface area contributed by atoms with Crippen LogP contribution in [0.1, 0.15) is 44.2 Å². The van der Waals surface area contributed by atoms with Crippen molar-refractivity contribution >= 4 is 16.9 Å². The second kappa shape index (κ2) is 9.66. The van der Waals surface area contributed by atoms with Crippen molar-refractivity contribution in [2.24, 2.45) is 10.9 Å². The van der Waals surface area contributed by atoms with Crippen molar-refractivity contribution in [3.63, 3.8) is 0 Å². The van der Waals surface area contributed by atoms with Gasteiger partial charge in [-0.3, -0.25) is 4.99 Å². The third kappa shape index (κ3) is 4.77. The van der Waals surface area contributed by atoms with Crippen molar-refractivity contribution in [2.45, 2.75) is 46.0 Å². The minimum atomic E-state index is 0.790. The van der Waals surface area contributed by atoms with Crippen LogP contribution in [0.3, 0.4) is 0 Å². The number of aliphatic imine (C=N–C) groups is 1. The number of fused-ring (bicyclic) bond motifs is 1. The minimum Gasteiger partial charge on any atom is -0.361 e. The smallest absolute Gasteiger partial charge is 0.193 e. The molecule has 1 aromatic heterocycles. The van der Waals surface area contributed by atoms with Crippen molar-refractivity contribution in [2.75, 3.05) is 45.8 Å². The number of H-pyrrole nitrogens is 1. The molecule has 2 fully saturated rings. The van der Waals surface area contributed by atoms with Crippen LogP contribution < -0.4 is 5.32 Å². The molecule has 2 saturated heterocycles. The zero-order valence-electron chi connectivity index (χ0n) is 18.2. The molecule has 0 saturated carbocycles. The predicted octanol–water partition coefficient (Wildman–Crippen LogP) is 3.66. The number of nitrogens with zero attached hydrogens (tertiary/aromatic N) is 3. The Labute approximate surface area is 175 Å². The monoisotopic (exact) mass is 395 g/mol. The molecule has 3 heterocycles. The van der Waals surface area contributed by atoms with Crippen LogP contribution in [-0.4, -0.2) is 66.6 Å². The summed E-state index contributed by atoms with van der Waals surface area (Å²) in [6.07, 6.45) is 8.28. The van der Waals surface area contributed by atoms with E-state index in [4.69, 9.17) is 4.99 Å². The van der Waals surface area contributed by atoms with Crippen LogP contribution in [-0.2, 0) is 12.8 Å². The van der Waals surface area contributed by atoms with Crippen molar-refractivity contribution in [3.05, 3.63) is 35.5 Å². The zero-order valence-corrected chi connectivity index (χ0v) is 18.2. The van der Waals surface area contributed by atoms with Gasteiger partial charge in [0.15, 0.2) is 5.96 Å². The second-order valence-corrected chi connectivity index (χ2v) is 8.60. The van der Waals surface area contributed by atoms with E-state index in [1.54, 1.807) is 0 Å². The summed E-state index contributed by atoms with van der Waals surface area (Å²) >= 11 is 0. The quantitative estimate of drug-likeness (QED) is 0.556. The number of rotatable bonds is 7. The normalized spacial score (nSPS) is 20.8. The van der Waals surface area contributed by atoms with Crippen LogP contribution in [0.2, 0.25) is 0 Å². The van der Waals surface area contributed by atoms with Crippen molar-refractivity contribution in [3.8, 4) is 0 Å². The number of likely N-dealkylation sites (tertiary alicyclic amines) is 2. The molecule has 158 valence electrons. The summed E-state index contributed by atoms with van der Waals surface area (Å²) in [6.45, 7) is 12.3. The van der Waals surface area contributed by atoms with Gasteiger partial charge < -0.3 is 20.1 Å². The summed E-state index contributed by atoms with van der Waals surface area (Å²) in [7, 11) is 0. The highest BCUT2D eigenvalue weighted by atomic mass is 15.3. The molecule has 1 atom stereocenters. The molecule has 1 unspecified atom stereocenters. The van der Waals surface area contributed by atoms with E-state index in [-0.39, 0.29) is 0 Å². The molecule has 1 aromatic carbocycles. The fraction of sp³-hybridized carbons (Fsp3) is 0.625. The summed E-state index contributed by atoms with van der Waals surface area (Å²) < 4.78 is 0. The number of guanidine groups is 1. The average Bonchev–Trinajstić information content (AvgIpc) is 3.49. The Morgan fingerprint density at radius 1 is 1.17 bits per heavy atom. The van der Waals surface area contributed by atoms with E-state index in [0.29, 0.717) is 0 Å². The molecule has 0 spiro atoms. The van der Waals surface area contributed by atoms with Gasteiger partial charge in [-0.1, -0.05) is 25.1 Å². The molecule has 5 nitrogen and oxygen atoms in total. The standard InChI is InChI=1S/C24H37N5/c1-3-20-8-7-9-22-21(16-27-23(20)22)10-12-26-24(25-4-2)29-15-11-19(18-29)17-28-13-5-6-14-28/h7-9,16,19,27H,3-6,10-15,17-18H2,1-2H3,(H,25,26). The Morgan fingerprint density at radius 3 is 2.83 bits per heavy atom. The molecule has 0 amide bonds. The number of aromatic nitrogens is 1. The first-order valence-corrected chi connectivity index (χ1v) is 11.6. The second-order valence-electron chi connectivity index (χ2n) is 8.60. The lowest BCUT2D eigenvalue weighted by Crippen LogP contribution is -2.41. The van der Waals surface area contributed by atoms with E-state index in [9.17, 15) is 0 Å². The maximum atomic E-state index is 4.99. The van der Waals surface area contributed by atoms with Gasteiger partial charge in [-0.15, -0.1) is 0 Å². The fourth-order valence-corrected chi connectivity index (χ4v) is 4.99. The lowest BCUT2D eigenvalue weighted by atomic mass is 10.1. The highest BCUT2D eigenvalue weighted by Crippen LogP contribution is 2.23. The van der Waals surface area contributed by atoms with E-state index < -0.39 is 0 Å². The van der Waals surface area contributed by atoms with Crippen LogP contribution in [0, 0.1) is 5.92 Å². The summed E-state index contributed by atoms with van der Waals surface area (Å²) in [4.78, 5) is 13.6. The topological polar surface area (TPSA) is 46.7 Å². The van der Waals surface area contributed by atoms with Gasteiger partial charge in [0.05, 0.1) is 0 Å². The van der Waals surface area contributed by atoms with Crippen LogP contribution >= 0.6 is 0 Å². The molecule has 5 heteroatoms. The highest BCUT2D eigenvalue weighted by molar-refractivity contribution is 5.86. The van der Waals surface area contributed by atoms with E-state index in [1.165, 1.54) is 60.9 Å². The van der Waals surface area contributed by atoms with E-state index in [1.807, 2.05) is 0 Å². The Kier molecular flexibility index (Phi) is 6.75. The molecule has 0 bridgehead atoms. The van der Waals surface area contributed by atoms with Crippen molar-refractivity contribution in [1.82, 2.24) is 20.1 Å².